The molecule has 0 bridgehead atoms. The zero-order chi connectivity index (χ0) is 19.9. The van der Waals surface area contributed by atoms with Gasteiger partial charge in [-0.1, -0.05) is 18.2 Å². The molecule has 0 spiro atoms. The Morgan fingerprint density at radius 3 is 2.61 bits per heavy atom. The predicted octanol–water partition coefficient (Wildman–Crippen LogP) is 4.34. The van der Waals surface area contributed by atoms with Crippen molar-refractivity contribution < 1.29 is 13.9 Å². The van der Waals surface area contributed by atoms with Gasteiger partial charge in [0, 0.05) is 10.9 Å². The van der Waals surface area contributed by atoms with Crippen LogP contribution in [0.4, 0.5) is 4.39 Å². The first-order valence-electron chi connectivity index (χ1n) is 8.50. The van der Waals surface area contributed by atoms with Crippen LogP contribution in [0.3, 0.4) is 0 Å². The van der Waals surface area contributed by atoms with Crippen LogP contribution < -0.4 is 14.3 Å². The van der Waals surface area contributed by atoms with Crippen molar-refractivity contribution in [1.29, 1.82) is 0 Å². The van der Waals surface area contributed by atoms with E-state index in [0.29, 0.717) is 22.8 Å². The fraction of sp³-hybridized carbons (Fsp3) is 0.143. The Kier molecular flexibility index (Phi) is 6.39. The number of hydrogen-bond acceptors (Lipinski definition) is 5. The lowest BCUT2D eigenvalue weighted by molar-refractivity contribution is 0.404. The van der Waals surface area contributed by atoms with Crippen molar-refractivity contribution in [2.45, 2.75) is 0 Å². The summed E-state index contributed by atoms with van der Waals surface area (Å²) in [7, 11) is 3.23. The van der Waals surface area contributed by atoms with E-state index in [1.165, 1.54) is 23.5 Å². The van der Waals surface area contributed by atoms with Gasteiger partial charge >= 0.3 is 0 Å². The van der Waals surface area contributed by atoms with Crippen molar-refractivity contribution in [2.75, 3.05) is 20.8 Å². The molecule has 0 aliphatic rings. The summed E-state index contributed by atoms with van der Waals surface area (Å²) < 4.78 is 25.7. The Hall–Kier alpha value is -3.19. The van der Waals surface area contributed by atoms with Crippen molar-refractivity contribution in [2.24, 2.45) is 10.1 Å². The van der Waals surface area contributed by atoms with Crippen molar-refractivity contribution in [3.05, 3.63) is 76.7 Å². The summed E-state index contributed by atoms with van der Waals surface area (Å²) in [6, 6.07) is 11.7. The van der Waals surface area contributed by atoms with E-state index >= 15 is 0 Å². The number of methoxy groups -OCH3 is 2. The van der Waals surface area contributed by atoms with E-state index in [1.54, 1.807) is 43.3 Å². The molecular formula is C21H20FN3O2S. The second kappa shape index (κ2) is 9.14. The molecule has 0 aliphatic heterocycles. The summed E-state index contributed by atoms with van der Waals surface area (Å²) in [6.45, 7) is 4.19. The van der Waals surface area contributed by atoms with Gasteiger partial charge in [0.15, 0.2) is 0 Å². The average Bonchev–Trinajstić information content (AvgIpc) is 3.13. The maximum atomic E-state index is 13.1. The number of nitrogens with zero attached hydrogens (tertiary/aromatic N) is 3. The third kappa shape index (κ3) is 4.37. The molecule has 1 heterocycles. The van der Waals surface area contributed by atoms with Gasteiger partial charge < -0.3 is 9.47 Å². The molecule has 0 fully saturated rings. The zero-order valence-electron chi connectivity index (χ0n) is 15.6. The Morgan fingerprint density at radius 2 is 1.93 bits per heavy atom. The van der Waals surface area contributed by atoms with E-state index in [2.05, 4.69) is 16.7 Å². The maximum absolute atomic E-state index is 13.1. The van der Waals surface area contributed by atoms with Crippen molar-refractivity contribution in [1.82, 2.24) is 4.68 Å². The van der Waals surface area contributed by atoms with Crippen LogP contribution in [-0.4, -0.2) is 31.7 Å². The molecule has 0 amide bonds. The van der Waals surface area contributed by atoms with Crippen LogP contribution in [0, 0.1) is 5.82 Å². The number of aromatic nitrogens is 1. The molecule has 7 heteroatoms. The van der Waals surface area contributed by atoms with Crippen LogP contribution in [-0.2, 0) is 0 Å². The first-order valence-corrected chi connectivity index (χ1v) is 9.38. The minimum Gasteiger partial charge on any atom is -0.497 e. The van der Waals surface area contributed by atoms with Gasteiger partial charge in [0.05, 0.1) is 32.7 Å². The Morgan fingerprint density at radius 1 is 1.14 bits per heavy atom. The van der Waals surface area contributed by atoms with Gasteiger partial charge in [-0.15, -0.1) is 17.9 Å². The van der Waals surface area contributed by atoms with E-state index in [4.69, 9.17) is 9.47 Å². The predicted molar refractivity (Wildman–Crippen MR) is 111 cm³/mol. The molecule has 3 rings (SSSR count). The minimum atomic E-state index is -0.288. The molecule has 28 heavy (non-hydrogen) atoms. The average molecular weight is 397 g/mol. The first-order chi connectivity index (χ1) is 13.7. The van der Waals surface area contributed by atoms with Crippen molar-refractivity contribution in [3.8, 4) is 22.8 Å². The summed E-state index contributed by atoms with van der Waals surface area (Å²) in [5, 5.41) is 6.54. The van der Waals surface area contributed by atoms with Gasteiger partial charge in [-0.2, -0.15) is 5.10 Å². The van der Waals surface area contributed by atoms with Gasteiger partial charge in [0.2, 0.25) is 4.80 Å². The summed E-state index contributed by atoms with van der Waals surface area (Å²) in [4.78, 5) is 5.22. The van der Waals surface area contributed by atoms with Crippen LogP contribution >= 0.6 is 11.3 Å². The summed E-state index contributed by atoms with van der Waals surface area (Å²) in [5.74, 6) is 1.11. The molecule has 0 N–H and O–H groups in total. The molecule has 5 nitrogen and oxygen atoms in total. The fourth-order valence-electron chi connectivity index (χ4n) is 2.53. The van der Waals surface area contributed by atoms with Crippen LogP contribution in [0.15, 0.2) is 70.6 Å². The van der Waals surface area contributed by atoms with Gasteiger partial charge in [-0.05, 0) is 35.9 Å². The van der Waals surface area contributed by atoms with E-state index in [1.807, 2.05) is 23.6 Å². The van der Waals surface area contributed by atoms with Crippen LogP contribution in [0.5, 0.6) is 11.5 Å². The molecule has 144 valence electrons. The second-order valence-corrected chi connectivity index (χ2v) is 6.54. The number of benzene rings is 2. The highest BCUT2D eigenvalue weighted by molar-refractivity contribution is 7.07. The zero-order valence-corrected chi connectivity index (χ0v) is 16.4. The Bertz CT molecular complexity index is 1050. The molecule has 0 aliphatic carbocycles. The second-order valence-electron chi connectivity index (χ2n) is 5.71. The third-order valence-electron chi connectivity index (χ3n) is 3.92. The molecular weight excluding hydrogens is 377 g/mol. The maximum Gasteiger partial charge on any atom is 0.206 e. The first kappa shape index (κ1) is 19.6. The Balaban J connectivity index is 2.14. The molecule has 2 aromatic carbocycles. The molecule has 3 aromatic rings. The third-order valence-corrected chi connectivity index (χ3v) is 4.77. The van der Waals surface area contributed by atoms with Gasteiger partial charge in [-0.25, -0.2) is 9.07 Å². The molecule has 0 saturated heterocycles. The lowest BCUT2D eigenvalue weighted by Crippen LogP contribution is -2.12. The fourth-order valence-corrected chi connectivity index (χ4v) is 3.37. The summed E-state index contributed by atoms with van der Waals surface area (Å²) in [5.41, 5.74) is 2.41. The largest absolute Gasteiger partial charge is 0.497 e. The quantitative estimate of drug-likeness (QED) is 0.440. The number of hydrogen-bond donors (Lipinski definition) is 0. The van der Waals surface area contributed by atoms with E-state index in [-0.39, 0.29) is 5.82 Å². The van der Waals surface area contributed by atoms with Gasteiger partial charge in [0.1, 0.15) is 17.3 Å². The number of ether oxygens (including phenoxy) is 2. The highest BCUT2D eigenvalue weighted by Gasteiger charge is 2.14. The lowest BCUT2D eigenvalue weighted by atomic mass is 10.1. The normalized spacial score (nSPS) is 11.8. The highest BCUT2D eigenvalue weighted by atomic mass is 32.1. The smallest absolute Gasteiger partial charge is 0.206 e. The van der Waals surface area contributed by atoms with Crippen LogP contribution in [0.2, 0.25) is 0 Å². The van der Waals surface area contributed by atoms with Crippen molar-refractivity contribution in [3.63, 3.8) is 0 Å². The van der Waals surface area contributed by atoms with E-state index < -0.39 is 0 Å². The molecule has 0 radical (unpaired) electrons. The van der Waals surface area contributed by atoms with Crippen molar-refractivity contribution >= 4 is 17.6 Å². The Labute approximate surface area is 166 Å². The van der Waals surface area contributed by atoms with E-state index in [0.717, 1.165) is 16.8 Å². The standard InChI is InChI=1S/C21H20FN3O2S/c1-4-11-23-21-25(24-13-15-5-7-16(22)8-6-15)19(14-28-21)18-12-17(26-2)9-10-20(18)27-3/h4-10,12-14H,1,11H2,2-3H3. The van der Waals surface area contributed by atoms with Crippen LogP contribution in [0.1, 0.15) is 5.56 Å². The molecule has 0 atom stereocenters. The van der Waals surface area contributed by atoms with E-state index in [9.17, 15) is 4.39 Å². The minimum absolute atomic E-state index is 0.288. The molecule has 1 aromatic heterocycles. The number of halogens is 1. The molecule has 0 saturated carbocycles. The van der Waals surface area contributed by atoms with Gasteiger partial charge in [0.25, 0.3) is 0 Å². The molecule has 0 unspecified atom stereocenters. The monoisotopic (exact) mass is 397 g/mol. The number of rotatable bonds is 7. The SMILES string of the molecule is C=CCN=c1scc(-c2cc(OC)ccc2OC)n1N=Cc1ccc(F)cc1. The topological polar surface area (TPSA) is 48.1 Å². The summed E-state index contributed by atoms with van der Waals surface area (Å²) >= 11 is 1.46. The van der Waals surface area contributed by atoms with Crippen LogP contribution in [0.25, 0.3) is 11.3 Å². The van der Waals surface area contributed by atoms with Gasteiger partial charge in [-0.3, -0.25) is 4.99 Å². The number of thiazole rings is 1. The summed E-state index contributed by atoms with van der Waals surface area (Å²) in [6.07, 6.45) is 3.38. The highest BCUT2D eigenvalue weighted by Crippen LogP contribution is 2.33. The lowest BCUT2D eigenvalue weighted by Gasteiger charge is -2.11.